The Bertz CT molecular complexity index is 440. The maximum Gasteiger partial charge on any atom is 0.281 e. The molecule has 0 amide bonds. The standard InChI is InChI=1S/C14H28N4O2S/c1-16(8-2-7-15-13-3-4-13)21(19,20)18-11-9-17(10-12-18)14-5-6-14/h13-15H,2-12H2,1H3. The summed E-state index contributed by atoms with van der Waals surface area (Å²) >= 11 is 0. The van der Waals surface area contributed by atoms with Crippen molar-refractivity contribution in [1.82, 2.24) is 18.8 Å². The summed E-state index contributed by atoms with van der Waals surface area (Å²) in [6.45, 7) is 4.58. The fraction of sp³-hybridized carbons (Fsp3) is 1.00. The number of nitrogens with one attached hydrogen (secondary N) is 1. The van der Waals surface area contributed by atoms with E-state index in [1.54, 1.807) is 11.4 Å². The first-order valence-electron chi connectivity index (χ1n) is 8.26. The van der Waals surface area contributed by atoms with E-state index in [4.69, 9.17) is 0 Å². The Kier molecular flexibility index (Phi) is 4.85. The molecule has 1 N–H and O–H groups in total. The first kappa shape index (κ1) is 15.7. The van der Waals surface area contributed by atoms with Crippen LogP contribution in [-0.2, 0) is 10.2 Å². The van der Waals surface area contributed by atoms with Crippen molar-refractivity contribution in [2.75, 3.05) is 46.3 Å². The molecule has 0 aromatic heterocycles. The average molecular weight is 316 g/mol. The lowest BCUT2D eigenvalue weighted by molar-refractivity contribution is 0.175. The number of piperazine rings is 1. The fourth-order valence-electron chi connectivity index (χ4n) is 2.95. The van der Waals surface area contributed by atoms with Gasteiger partial charge in [0.25, 0.3) is 10.2 Å². The minimum absolute atomic E-state index is 0.602. The van der Waals surface area contributed by atoms with Gasteiger partial charge in [0.15, 0.2) is 0 Å². The van der Waals surface area contributed by atoms with Crippen LogP contribution >= 0.6 is 0 Å². The zero-order valence-electron chi connectivity index (χ0n) is 13.0. The van der Waals surface area contributed by atoms with Gasteiger partial charge in [0.05, 0.1) is 0 Å². The Labute approximate surface area is 128 Å². The van der Waals surface area contributed by atoms with Crippen molar-refractivity contribution in [1.29, 1.82) is 0 Å². The molecule has 2 aliphatic carbocycles. The summed E-state index contributed by atoms with van der Waals surface area (Å²) in [7, 11) is -1.56. The highest BCUT2D eigenvalue weighted by Crippen LogP contribution is 2.28. The first-order chi connectivity index (χ1) is 10.1. The van der Waals surface area contributed by atoms with Gasteiger partial charge in [-0.2, -0.15) is 17.0 Å². The second-order valence-corrected chi connectivity index (χ2v) is 8.61. The molecule has 1 saturated heterocycles. The largest absolute Gasteiger partial charge is 0.314 e. The van der Waals surface area contributed by atoms with E-state index in [9.17, 15) is 8.42 Å². The Hall–Kier alpha value is -0.210. The van der Waals surface area contributed by atoms with Crippen LogP contribution in [0.1, 0.15) is 32.1 Å². The molecule has 0 aromatic carbocycles. The summed E-state index contributed by atoms with van der Waals surface area (Å²) in [6.07, 6.45) is 6.02. The number of hydrogen-bond acceptors (Lipinski definition) is 4. The molecule has 2 saturated carbocycles. The minimum atomic E-state index is -3.26. The molecule has 7 heteroatoms. The molecule has 1 heterocycles. The van der Waals surface area contributed by atoms with Crippen molar-refractivity contribution < 1.29 is 8.42 Å². The van der Waals surface area contributed by atoms with Crippen molar-refractivity contribution in [2.24, 2.45) is 0 Å². The molecule has 3 rings (SSSR count). The maximum atomic E-state index is 12.5. The van der Waals surface area contributed by atoms with Gasteiger partial charge < -0.3 is 5.32 Å². The van der Waals surface area contributed by atoms with Crippen LogP contribution < -0.4 is 5.32 Å². The maximum absolute atomic E-state index is 12.5. The van der Waals surface area contributed by atoms with Crippen molar-refractivity contribution in [3.05, 3.63) is 0 Å². The third-order valence-corrected chi connectivity index (χ3v) is 6.70. The molecule has 3 fully saturated rings. The zero-order valence-corrected chi connectivity index (χ0v) is 13.8. The molecule has 0 aromatic rings. The second kappa shape index (κ2) is 6.50. The van der Waals surface area contributed by atoms with Crippen molar-refractivity contribution in [3.8, 4) is 0 Å². The SMILES string of the molecule is CN(CCCNC1CC1)S(=O)(=O)N1CCN(C2CC2)CC1. The molecule has 3 aliphatic rings. The monoisotopic (exact) mass is 316 g/mol. The molecule has 0 unspecified atom stereocenters. The van der Waals surface area contributed by atoms with Gasteiger partial charge in [-0.1, -0.05) is 0 Å². The third kappa shape index (κ3) is 4.16. The molecule has 21 heavy (non-hydrogen) atoms. The number of nitrogens with zero attached hydrogens (tertiary/aromatic N) is 3. The lowest BCUT2D eigenvalue weighted by Gasteiger charge is -2.35. The molecule has 1 aliphatic heterocycles. The minimum Gasteiger partial charge on any atom is -0.314 e. The second-order valence-electron chi connectivity index (χ2n) is 6.58. The summed E-state index contributed by atoms with van der Waals surface area (Å²) in [5.41, 5.74) is 0. The van der Waals surface area contributed by atoms with Gasteiger partial charge in [0.1, 0.15) is 0 Å². The number of hydrogen-bond donors (Lipinski definition) is 1. The Morgan fingerprint density at radius 2 is 1.76 bits per heavy atom. The molecular weight excluding hydrogens is 288 g/mol. The van der Waals surface area contributed by atoms with Crippen molar-refractivity contribution in [3.63, 3.8) is 0 Å². The Balaban J connectivity index is 1.41. The van der Waals surface area contributed by atoms with Gasteiger partial charge in [-0.05, 0) is 38.6 Å². The van der Waals surface area contributed by atoms with Crippen molar-refractivity contribution in [2.45, 2.75) is 44.2 Å². The van der Waals surface area contributed by atoms with Crippen LogP contribution in [0.4, 0.5) is 0 Å². The van der Waals surface area contributed by atoms with Crippen LogP contribution in [0.15, 0.2) is 0 Å². The van der Waals surface area contributed by atoms with E-state index in [1.165, 1.54) is 30.0 Å². The van der Waals surface area contributed by atoms with Crippen LogP contribution in [-0.4, -0.2) is 80.3 Å². The molecular formula is C14H28N4O2S. The summed E-state index contributed by atoms with van der Waals surface area (Å²) in [5.74, 6) is 0. The molecule has 0 spiro atoms. The average Bonchev–Trinajstić information content (AvgIpc) is 3.37. The highest BCUT2D eigenvalue weighted by atomic mass is 32.2. The Morgan fingerprint density at radius 3 is 2.33 bits per heavy atom. The first-order valence-corrected chi connectivity index (χ1v) is 9.66. The van der Waals surface area contributed by atoms with Crippen LogP contribution in [0.3, 0.4) is 0 Å². The summed E-state index contributed by atoms with van der Waals surface area (Å²) in [6, 6.07) is 1.43. The zero-order chi connectivity index (χ0) is 14.9. The summed E-state index contributed by atoms with van der Waals surface area (Å²) in [5, 5.41) is 3.43. The summed E-state index contributed by atoms with van der Waals surface area (Å²) < 4.78 is 28.2. The normalized spacial score (nSPS) is 25.6. The molecule has 122 valence electrons. The van der Waals surface area contributed by atoms with Crippen LogP contribution in [0, 0.1) is 0 Å². The molecule has 0 radical (unpaired) electrons. The quantitative estimate of drug-likeness (QED) is 0.645. The fourth-order valence-corrected chi connectivity index (χ4v) is 4.33. The van der Waals surface area contributed by atoms with Gasteiger partial charge in [-0.3, -0.25) is 4.90 Å². The van der Waals surface area contributed by atoms with Gasteiger partial charge >= 0.3 is 0 Å². The van der Waals surface area contributed by atoms with E-state index in [0.717, 1.165) is 32.1 Å². The van der Waals surface area contributed by atoms with Crippen LogP contribution in [0.2, 0.25) is 0 Å². The molecule has 0 atom stereocenters. The summed E-state index contributed by atoms with van der Waals surface area (Å²) in [4.78, 5) is 2.44. The topological polar surface area (TPSA) is 55.9 Å². The number of rotatable bonds is 8. The van der Waals surface area contributed by atoms with Crippen LogP contribution in [0.25, 0.3) is 0 Å². The third-order valence-electron chi connectivity index (χ3n) is 4.72. The Morgan fingerprint density at radius 1 is 1.10 bits per heavy atom. The van der Waals surface area contributed by atoms with Crippen molar-refractivity contribution >= 4 is 10.2 Å². The lowest BCUT2D eigenvalue weighted by Crippen LogP contribution is -2.52. The highest BCUT2D eigenvalue weighted by molar-refractivity contribution is 7.86. The van der Waals surface area contributed by atoms with E-state index in [2.05, 4.69) is 10.2 Å². The highest BCUT2D eigenvalue weighted by Gasteiger charge is 2.35. The van der Waals surface area contributed by atoms with E-state index in [-0.39, 0.29) is 0 Å². The predicted molar refractivity (Wildman–Crippen MR) is 83.4 cm³/mol. The van der Waals surface area contributed by atoms with Gasteiger partial charge in [-0.25, -0.2) is 0 Å². The van der Waals surface area contributed by atoms with E-state index in [1.807, 2.05) is 0 Å². The van der Waals surface area contributed by atoms with Gasteiger partial charge in [0.2, 0.25) is 0 Å². The van der Waals surface area contributed by atoms with E-state index < -0.39 is 10.2 Å². The van der Waals surface area contributed by atoms with E-state index in [0.29, 0.717) is 25.7 Å². The molecule has 0 bridgehead atoms. The molecule has 6 nitrogen and oxygen atoms in total. The van der Waals surface area contributed by atoms with Gasteiger partial charge in [0, 0.05) is 51.9 Å². The lowest BCUT2D eigenvalue weighted by atomic mass is 10.3. The van der Waals surface area contributed by atoms with E-state index >= 15 is 0 Å². The smallest absolute Gasteiger partial charge is 0.281 e. The predicted octanol–water partition coefficient (Wildman–Crippen LogP) is 0.0851. The van der Waals surface area contributed by atoms with Gasteiger partial charge in [-0.15, -0.1) is 0 Å². The van der Waals surface area contributed by atoms with Crippen LogP contribution in [0.5, 0.6) is 0 Å².